The molecule has 2 aromatic heterocycles. The van der Waals surface area contributed by atoms with E-state index < -0.39 is 30.3 Å². The van der Waals surface area contributed by atoms with Crippen LogP contribution >= 0.6 is 0 Å². The molecule has 0 N–H and O–H groups in total. The average molecular weight is 963 g/mol. The Balaban J connectivity index is 0.909. The number of nitrogens with zero attached hydrogens (tertiary/aromatic N) is 4. The molecule has 2 aliphatic rings. The predicted molar refractivity (Wildman–Crippen MR) is 275 cm³/mol. The number of para-hydroxylation sites is 6. The quantitative estimate of drug-likeness (QED) is 0.149. The zero-order valence-corrected chi connectivity index (χ0v) is 39.7. The number of aliphatic imine (C=N–C) groups is 4. The van der Waals surface area contributed by atoms with Crippen molar-refractivity contribution in [3.8, 4) is 46.0 Å². The van der Waals surface area contributed by atoms with Crippen LogP contribution in [0.25, 0.3) is 21.9 Å². The summed E-state index contributed by atoms with van der Waals surface area (Å²) in [5, 5.41) is 1.43. The molecule has 0 saturated carbocycles. The molecule has 12 rings (SSSR count). The van der Waals surface area contributed by atoms with Crippen molar-refractivity contribution in [1.29, 1.82) is 0 Å². The smallest absolute Gasteiger partial charge is 0.589 e. The highest BCUT2D eigenvalue weighted by Crippen LogP contribution is 2.44. The Bertz CT molecular complexity index is 3450. The number of furan rings is 2. The second-order valence-corrected chi connectivity index (χ2v) is 19.2. The van der Waals surface area contributed by atoms with E-state index in [4.69, 9.17) is 56.3 Å². The summed E-state index contributed by atoms with van der Waals surface area (Å²) in [6.07, 6.45) is 6.75. The number of ether oxygens (including phenoxy) is 2. The summed E-state index contributed by atoms with van der Waals surface area (Å²) in [5.74, 6) is 5.08. The third kappa shape index (κ3) is 9.69. The Morgan fingerprint density at radius 1 is 0.324 bits per heavy atom. The van der Waals surface area contributed by atoms with Crippen molar-refractivity contribution in [2.24, 2.45) is 20.0 Å². The van der Waals surface area contributed by atoms with E-state index in [2.05, 4.69) is 0 Å². The van der Waals surface area contributed by atoms with E-state index in [1.54, 1.807) is 24.9 Å². The van der Waals surface area contributed by atoms with Gasteiger partial charge in [0.2, 0.25) is 11.8 Å². The van der Waals surface area contributed by atoms with Crippen LogP contribution in [0.15, 0.2) is 223 Å². The standard InChI is InChI=1S/2C28H20N2O4.2Al.O/c2*31-24-12-6-4-8-19(24)17-29-27-23-16-22(33-21-10-2-1-3-11-21)14-15-26(23)34-28(27)30-18-20-9-5-7-13-25(20)32;;;/h2*1-18,31-32H;;;/q;;2*+2;/p-4/b2*29-17?,30-18+;;;. The Morgan fingerprint density at radius 3 is 1.04 bits per heavy atom. The van der Waals surface area contributed by atoms with E-state index in [1.165, 1.54) is 0 Å². The lowest BCUT2D eigenvalue weighted by Gasteiger charge is -2.22. The molecule has 0 unspecified atom stereocenters. The first-order chi connectivity index (χ1) is 35.1. The summed E-state index contributed by atoms with van der Waals surface area (Å²) in [6, 6.07) is 60.3. The van der Waals surface area contributed by atoms with Gasteiger partial charge in [-0.2, -0.15) is 0 Å². The van der Waals surface area contributed by atoms with Crippen molar-refractivity contribution in [3.63, 3.8) is 0 Å². The molecule has 0 saturated heterocycles. The normalized spacial score (nSPS) is 13.9. The minimum atomic E-state index is -3.35. The number of benzene rings is 8. The van der Waals surface area contributed by atoms with E-state index in [0.29, 0.717) is 113 Å². The average Bonchev–Trinajstić information content (AvgIpc) is 3.94. The Labute approximate surface area is 416 Å². The van der Waals surface area contributed by atoms with Crippen LogP contribution in [-0.2, 0) is 2.84 Å². The van der Waals surface area contributed by atoms with Crippen molar-refractivity contribution in [3.05, 3.63) is 216 Å². The summed E-state index contributed by atoms with van der Waals surface area (Å²) >= 11 is -6.70. The molecule has 0 amide bonds. The molecule has 0 radical (unpaired) electrons. The molecule has 8 aromatic carbocycles. The van der Waals surface area contributed by atoms with E-state index >= 15 is 0 Å². The molecule has 0 fully saturated rings. The SMILES string of the molecule is C1=Nc2c(oc3ccc(Oc4ccccc4)cc23)/N=C/c2ccccc2[O][Al]([O][Al]2[O]c3ccccc3C=Nc3c(oc4ccc(Oc5ccccc5)cc34)/N=C/c3ccccc3[O]2)[O]c2ccccc21. The van der Waals surface area contributed by atoms with Crippen molar-refractivity contribution in [1.82, 2.24) is 0 Å². The molecule has 0 atom stereocenters. The van der Waals surface area contributed by atoms with E-state index in [9.17, 15) is 0 Å². The Morgan fingerprint density at radius 2 is 0.662 bits per heavy atom. The van der Waals surface area contributed by atoms with Gasteiger partial charge in [0, 0.05) is 47.1 Å². The zero-order valence-electron chi connectivity index (χ0n) is 37.4. The Kier molecular flexibility index (Phi) is 12.1. The molecule has 0 spiro atoms. The third-order valence-corrected chi connectivity index (χ3v) is 14.9. The van der Waals surface area contributed by atoms with Gasteiger partial charge < -0.3 is 36.3 Å². The van der Waals surface area contributed by atoms with Gasteiger partial charge in [-0.1, -0.05) is 84.9 Å². The fourth-order valence-corrected chi connectivity index (χ4v) is 11.3. The summed E-state index contributed by atoms with van der Waals surface area (Å²) < 4.78 is 59.1. The van der Waals surface area contributed by atoms with Crippen LogP contribution in [-0.4, -0.2) is 55.2 Å². The maximum Gasteiger partial charge on any atom is 1.07 e. The summed E-state index contributed by atoms with van der Waals surface area (Å²) in [6.45, 7) is 0. The van der Waals surface area contributed by atoms with Gasteiger partial charge in [-0.05, 0) is 109 Å². The molecular weight excluding hydrogens is 927 g/mol. The van der Waals surface area contributed by atoms with E-state index in [1.807, 2.05) is 194 Å². The monoisotopic (exact) mass is 962 g/mol. The molecule has 0 bridgehead atoms. The lowest BCUT2D eigenvalue weighted by atomic mass is 10.2. The van der Waals surface area contributed by atoms with Crippen molar-refractivity contribution >= 4 is 100 Å². The molecule has 2 aliphatic heterocycles. The largest absolute Gasteiger partial charge is 1.07 e. The first-order valence-electron chi connectivity index (χ1n) is 22.6. The van der Waals surface area contributed by atoms with Crippen LogP contribution < -0.4 is 24.6 Å². The zero-order chi connectivity index (χ0) is 47.3. The fourth-order valence-electron chi connectivity index (χ4n) is 7.87. The van der Waals surface area contributed by atoms with Gasteiger partial charge in [-0.15, -0.1) is 0 Å². The summed E-state index contributed by atoms with van der Waals surface area (Å²) in [7, 11) is 0. The first-order valence-corrected chi connectivity index (χ1v) is 25.4. The second kappa shape index (κ2) is 19.8. The maximum atomic E-state index is 6.91. The maximum absolute atomic E-state index is 6.91. The lowest BCUT2D eigenvalue weighted by Crippen LogP contribution is -2.46. The minimum Gasteiger partial charge on any atom is -0.589 e. The first kappa shape index (κ1) is 43.6. The van der Waals surface area contributed by atoms with Crippen LogP contribution in [0.2, 0.25) is 0 Å². The summed E-state index contributed by atoms with van der Waals surface area (Å²) in [4.78, 5) is 19.6. The molecule has 13 nitrogen and oxygen atoms in total. The van der Waals surface area contributed by atoms with Gasteiger partial charge in [-0.25, -0.2) is 20.0 Å². The van der Waals surface area contributed by atoms with Crippen molar-refractivity contribution in [2.75, 3.05) is 0 Å². The Hall–Kier alpha value is -8.66. The third-order valence-electron chi connectivity index (χ3n) is 11.3. The molecule has 71 heavy (non-hydrogen) atoms. The minimum absolute atomic E-state index is 0.297. The highest BCUT2D eigenvalue weighted by Gasteiger charge is 2.53. The molecule has 4 heterocycles. The topological polar surface area (TPSA) is 140 Å². The number of hydrogen-bond donors (Lipinski definition) is 0. The number of fused-ring (bicyclic) bond motifs is 10. The van der Waals surface area contributed by atoms with Crippen molar-refractivity contribution < 1.29 is 36.3 Å². The predicted octanol–water partition coefficient (Wildman–Crippen LogP) is 14.0. The van der Waals surface area contributed by atoms with Gasteiger partial charge in [0.15, 0.2) is 0 Å². The van der Waals surface area contributed by atoms with Gasteiger partial charge in [0.1, 0.15) is 45.5 Å². The van der Waals surface area contributed by atoms with E-state index in [-0.39, 0.29) is 0 Å². The van der Waals surface area contributed by atoms with Crippen LogP contribution in [0, 0.1) is 0 Å². The van der Waals surface area contributed by atoms with Gasteiger partial charge >= 0.3 is 30.3 Å². The second-order valence-electron chi connectivity index (χ2n) is 16.0. The van der Waals surface area contributed by atoms with Crippen LogP contribution in [0.3, 0.4) is 0 Å². The van der Waals surface area contributed by atoms with Gasteiger partial charge in [-0.3, -0.25) is 0 Å². The van der Waals surface area contributed by atoms with Gasteiger partial charge in [0.25, 0.3) is 0 Å². The molecule has 0 aliphatic carbocycles. The number of rotatable bonds is 6. The molecule has 340 valence electrons. The lowest BCUT2D eigenvalue weighted by molar-refractivity contribution is 0.236. The van der Waals surface area contributed by atoms with Crippen molar-refractivity contribution in [2.45, 2.75) is 0 Å². The highest BCUT2D eigenvalue weighted by atomic mass is 27.3. The number of hydrogen-bond acceptors (Lipinski definition) is 13. The van der Waals surface area contributed by atoms with Gasteiger partial charge in [0.05, 0.1) is 33.8 Å². The van der Waals surface area contributed by atoms with Crippen LogP contribution in [0.1, 0.15) is 22.3 Å². The molecular formula is C56H36Al2N4O9. The fraction of sp³-hybridized carbons (Fsp3) is 0. The summed E-state index contributed by atoms with van der Waals surface area (Å²) in [5.41, 5.74) is 4.77. The van der Waals surface area contributed by atoms with Crippen LogP contribution in [0.5, 0.6) is 46.0 Å². The molecule has 15 heteroatoms. The highest BCUT2D eigenvalue weighted by molar-refractivity contribution is 6.54. The molecule has 10 aromatic rings. The van der Waals surface area contributed by atoms with E-state index in [0.717, 1.165) is 0 Å². The van der Waals surface area contributed by atoms with Crippen LogP contribution in [0.4, 0.5) is 23.1 Å².